The van der Waals surface area contributed by atoms with Crippen LogP contribution in [-0.4, -0.2) is 46.2 Å². The molecule has 0 radical (unpaired) electrons. The van der Waals surface area contributed by atoms with Gasteiger partial charge < -0.3 is 9.84 Å². The summed E-state index contributed by atoms with van der Waals surface area (Å²) >= 11 is 1.60. The average molecular weight is 567 g/mol. The zero-order valence-electron chi connectivity index (χ0n) is 23.9. The molecule has 1 N–H and O–H groups in total. The lowest BCUT2D eigenvalue weighted by molar-refractivity contribution is -0.144. The van der Waals surface area contributed by atoms with Gasteiger partial charge in [0.05, 0.1) is 12.2 Å². The number of hydrogen-bond acceptors (Lipinski definition) is 5. The van der Waals surface area contributed by atoms with Gasteiger partial charge in [0.1, 0.15) is 5.78 Å². The first-order valence-electron chi connectivity index (χ1n) is 15.1. The Kier molecular flexibility index (Phi) is 18.7. The lowest BCUT2D eigenvalue weighted by Gasteiger charge is -2.26. The summed E-state index contributed by atoms with van der Waals surface area (Å²) in [5.41, 5.74) is -1.02. The number of ketones is 1. The van der Waals surface area contributed by atoms with Gasteiger partial charge in [0.25, 0.3) is 0 Å². The first-order valence-corrected chi connectivity index (χ1v) is 16.2. The Balaban J connectivity index is 2.09. The van der Waals surface area contributed by atoms with Crippen LogP contribution in [0.4, 0.5) is 13.2 Å². The monoisotopic (exact) mass is 566 g/mol. The topological polar surface area (TPSA) is 63.6 Å². The highest BCUT2D eigenvalue weighted by Crippen LogP contribution is 2.38. The van der Waals surface area contributed by atoms with Crippen molar-refractivity contribution in [3.63, 3.8) is 0 Å². The summed E-state index contributed by atoms with van der Waals surface area (Å²) in [7, 11) is 0. The Morgan fingerprint density at radius 2 is 1.53 bits per heavy atom. The lowest BCUT2D eigenvalue weighted by atomic mass is 9.98. The maximum Gasteiger partial charge on any atom is 0.389 e. The van der Waals surface area contributed by atoms with Crippen molar-refractivity contribution in [2.24, 2.45) is 5.92 Å². The molecule has 8 heteroatoms. The third kappa shape index (κ3) is 18.5. The van der Waals surface area contributed by atoms with E-state index in [1.807, 2.05) is 0 Å². The Morgan fingerprint density at radius 1 is 0.921 bits per heavy atom. The number of unbranched alkanes of at least 4 members (excludes halogenated alkanes) is 11. The summed E-state index contributed by atoms with van der Waals surface area (Å²) in [5.74, 6) is 0.615. The minimum Gasteiger partial charge on any atom is -0.466 e. The summed E-state index contributed by atoms with van der Waals surface area (Å²) in [6.07, 6.45) is 11.9. The van der Waals surface area contributed by atoms with Crippen molar-refractivity contribution in [1.82, 2.24) is 0 Å². The van der Waals surface area contributed by atoms with Crippen LogP contribution in [0.5, 0.6) is 0 Å². The maximum absolute atomic E-state index is 12.4. The number of esters is 1. The fourth-order valence-electron chi connectivity index (χ4n) is 5.10. The first-order chi connectivity index (χ1) is 18.0. The number of alkyl halides is 3. The van der Waals surface area contributed by atoms with Gasteiger partial charge in [-0.15, -0.1) is 0 Å². The van der Waals surface area contributed by atoms with E-state index >= 15 is 0 Å². The van der Waals surface area contributed by atoms with E-state index in [-0.39, 0.29) is 29.3 Å². The van der Waals surface area contributed by atoms with E-state index in [0.717, 1.165) is 51.4 Å². The highest BCUT2D eigenvalue weighted by atomic mass is 32.2. The fourth-order valence-corrected chi connectivity index (χ4v) is 6.62. The quantitative estimate of drug-likeness (QED) is 0.0988. The molecule has 0 aromatic carbocycles. The molecule has 0 amide bonds. The molecule has 1 aliphatic rings. The molecule has 38 heavy (non-hydrogen) atoms. The van der Waals surface area contributed by atoms with E-state index in [4.69, 9.17) is 4.74 Å². The Hall–Kier alpha value is -0.760. The number of aliphatic hydroxyl groups is 1. The number of ether oxygens (including phenoxy) is 1. The van der Waals surface area contributed by atoms with Crippen LogP contribution < -0.4 is 0 Å². The maximum atomic E-state index is 12.4. The van der Waals surface area contributed by atoms with Crippen LogP contribution in [0.1, 0.15) is 142 Å². The van der Waals surface area contributed by atoms with E-state index in [0.29, 0.717) is 38.0 Å². The molecular formula is C30H53F3O4S. The van der Waals surface area contributed by atoms with Gasteiger partial charge in [0.2, 0.25) is 0 Å². The summed E-state index contributed by atoms with van der Waals surface area (Å²) in [6, 6.07) is 0. The molecule has 3 unspecified atom stereocenters. The predicted octanol–water partition coefficient (Wildman–Crippen LogP) is 8.97. The van der Waals surface area contributed by atoms with Gasteiger partial charge in [0, 0.05) is 36.2 Å². The van der Waals surface area contributed by atoms with E-state index in [9.17, 15) is 27.9 Å². The molecule has 0 aliphatic heterocycles. The van der Waals surface area contributed by atoms with Crippen LogP contribution in [-0.2, 0) is 14.3 Å². The zero-order valence-corrected chi connectivity index (χ0v) is 24.7. The van der Waals surface area contributed by atoms with Gasteiger partial charge in [-0.05, 0) is 45.4 Å². The Morgan fingerprint density at radius 3 is 2.21 bits per heavy atom. The number of rotatable bonds is 23. The van der Waals surface area contributed by atoms with Crippen molar-refractivity contribution in [3.8, 4) is 0 Å². The Bertz CT molecular complexity index is 639. The van der Waals surface area contributed by atoms with Crippen LogP contribution in [0.2, 0.25) is 0 Å². The number of halogens is 3. The number of Topliss-reactive ketones (excluding diaryl/α,β-unsaturated/α-hetero) is 1. The van der Waals surface area contributed by atoms with E-state index < -0.39 is 18.2 Å². The molecule has 0 saturated heterocycles. The molecule has 0 bridgehead atoms. The second-order valence-electron chi connectivity index (χ2n) is 11.4. The van der Waals surface area contributed by atoms with Crippen molar-refractivity contribution < 1.29 is 32.6 Å². The van der Waals surface area contributed by atoms with Crippen molar-refractivity contribution >= 4 is 23.5 Å². The van der Waals surface area contributed by atoms with Crippen LogP contribution >= 0.6 is 11.8 Å². The summed E-state index contributed by atoms with van der Waals surface area (Å²) in [6.45, 7) is 4.43. The highest BCUT2D eigenvalue weighted by molar-refractivity contribution is 8.00. The molecule has 0 heterocycles. The number of carbonyl (C=O) groups is 2. The van der Waals surface area contributed by atoms with E-state index in [1.165, 1.54) is 38.5 Å². The molecule has 1 aliphatic carbocycles. The van der Waals surface area contributed by atoms with E-state index in [1.54, 1.807) is 18.7 Å². The molecular weight excluding hydrogens is 513 g/mol. The van der Waals surface area contributed by atoms with Crippen LogP contribution in [0.3, 0.4) is 0 Å². The van der Waals surface area contributed by atoms with Crippen LogP contribution in [0.25, 0.3) is 0 Å². The van der Waals surface area contributed by atoms with Gasteiger partial charge >= 0.3 is 12.1 Å². The molecule has 1 rings (SSSR count). The zero-order chi connectivity index (χ0) is 28.3. The molecule has 1 saturated carbocycles. The van der Waals surface area contributed by atoms with E-state index in [2.05, 4.69) is 6.92 Å². The molecule has 224 valence electrons. The lowest BCUT2D eigenvalue weighted by Crippen LogP contribution is -2.29. The molecule has 1 fully saturated rings. The van der Waals surface area contributed by atoms with Crippen molar-refractivity contribution in [3.05, 3.63) is 0 Å². The standard InChI is InChI=1S/C30H53F3O4S/c1-3-4-5-6-7-8-11-16-23-37-28(35)18-13-10-9-12-17-25-26(34)19-20-27(25)38-24-29(2,36)21-14-15-22-30(31,32)33/h25,27,36H,3-24H2,1-2H3. The van der Waals surface area contributed by atoms with Gasteiger partial charge in [0.15, 0.2) is 0 Å². The van der Waals surface area contributed by atoms with Gasteiger partial charge in [-0.2, -0.15) is 24.9 Å². The van der Waals surface area contributed by atoms with Crippen LogP contribution in [0, 0.1) is 5.92 Å². The SMILES string of the molecule is CCCCCCCCCCOC(=O)CCCCCCC1C(=O)CCC1SCC(C)(O)CCCCC(F)(F)F. The van der Waals surface area contributed by atoms with Crippen molar-refractivity contribution in [2.75, 3.05) is 12.4 Å². The highest BCUT2D eigenvalue weighted by Gasteiger charge is 2.36. The van der Waals surface area contributed by atoms with Gasteiger partial charge in [-0.1, -0.05) is 77.6 Å². The molecule has 3 atom stereocenters. The number of thioether (sulfide) groups is 1. The Labute approximate surface area is 233 Å². The predicted molar refractivity (Wildman–Crippen MR) is 150 cm³/mol. The smallest absolute Gasteiger partial charge is 0.389 e. The average Bonchev–Trinajstić information content (AvgIpc) is 3.20. The number of carbonyl (C=O) groups excluding carboxylic acids is 2. The minimum atomic E-state index is -4.14. The summed E-state index contributed by atoms with van der Waals surface area (Å²) < 4.78 is 42.3. The van der Waals surface area contributed by atoms with Crippen molar-refractivity contribution in [2.45, 2.75) is 159 Å². The largest absolute Gasteiger partial charge is 0.466 e. The summed E-state index contributed by atoms with van der Waals surface area (Å²) in [5, 5.41) is 10.8. The molecule has 4 nitrogen and oxygen atoms in total. The van der Waals surface area contributed by atoms with Gasteiger partial charge in [-0.25, -0.2) is 0 Å². The third-order valence-electron chi connectivity index (χ3n) is 7.48. The molecule has 0 aromatic heterocycles. The minimum absolute atomic E-state index is 0.00219. The molecule has 0 aromatic rings. The summed E-state index contributed by atoms with van der Waals surface area (Å²) in [4.78, 5) is 24.3. The third-order valence-corrected chi connectivity index (χ3v) is 9.26. The van der Waals surface area contributed by atoms with Crippen molar-refractivity contribution in [1.29, 1.82) is 0 Å². The normalized spacial score (nSPS) is 19.6. The second kappa shape index (κ2) is 20.2. The van der Waals surface area contributed by atoms with Crippen LogP contribution in [0.15, 0.2) is 0 Å². The number of hydrogen-bond donors (Lipinski definition) is 1. The second-order valence-corrected chi connectivity index (χ2v) is 12.7. The molecule has 0 spiro atoms. The fraction of sp³-hybridized carbons (Fsp3) is 0.933. The van der Waals surface area contributed by atoms with Gasteiger partial charge in [-0.3, -0.25) is 9.59 Å². The first kappa shape index (κ1) is 35.3.